The van der Waals surface area contributed by atoms with Crippen LogP contribution in [-0.2, 0) is 9.59 Å². The highest BCUT2D eigenvalue weighted by atomic mass is 16.5. The van der Waals surface area contributed by atoms with Gasteiger partial charge in [0.15, 0.2) is 0 Å². The molecule has 2 aromatic carbocycles. The minimum Gasteiger partial charge on any atom is -0.507 e. The molecule has 36 heavy (non-hydrogen) atoms. The van der Waals surface area contributed by atoms with Crippen molar-refractivity contribution >= 4 is 34.4 Å². The van der Waals surface area contributed by atoms with Gasteiger partial charge in [-0.3, -0.25) is 19.5 Å². The van der Waals surface area contributed by atoms with E-state index in [2.05, 4.69) is 15.0 Å². The third-order valence-electron chi connectivity index (χ3n) is 6.01. The van der Waals surface area contributed by atoms with Crippen LogP contribution in [-0.4, -0.2) is 38.4 Å². The maximum Gasteiger partial charge on any atom is 0.302 e. The molecule has 1 unspecified atom stereocenters. The molecule has 0 aliphatic carbocycles. The van der Waals surface area contributed by atoms with Crippen molar-refractivity contribution in [2.24, 2.45) is 5.92 Å². The summed E-state index contributed by atoms with van der Waals surface area (Å²) < 4.78 is 5.79. The van der Waals surface area contributed by atoms with Crippen LogP contribution in [0.1, 0.15) is 36.6 Å². The third-order valence-corrected chi connectivity index (χ3v) is 6.01. The van der Waals surface area contributed by atoms with Gasteiger partial charge in [-0.15, -0.1) is 0 Å². The number of carbonyl (C=O) groups is 2. The van der Waals surface area contributed by atoms with Crippen LogP contribution in [0.25, 0.3) is 16.8 Å². The number of H-pyrrole nitrogens is 1. The number of Topliss-reactive ketones (excluding diaryl/α,β-unsaturated/α-hetero) is 1. The summed E-state index contributed by atoms with van der Waals surface area (Å²) in [6.45, 7) is 6.55. The second-order valence-electron chi connectivity index (χ2n) is 9.26. The molecule has 8 nitrogen and oxygen atoms in total. The number of pyridine rings is 1. The predicted octanol–water partition coefficient (Wildman–Crippen LogP) is 4.93. The highest BCUT2D eigenvalue weighted by Crippen LogP contribution is 2.41. The molecule has 3 heterocycles. The number of rotatable bonds is 6. The number of aliphatic hydroxyl groups excluding tert-OH is 1. The van der Waals surface area contributed by atoms with Crippen LogP contribution in [0.5, 0.6) is 5.75 Å². The summed E-state index contributed by atoms with van der Waals surface area (Å²) in [5.41, 5.74) is 3.42. The molecule has 8 heteroatoms. The first-order valence-electron chi connectivity index (χ1n) is 11.7. The van der Waals surface area contributed by atoms with Crippen molar-refractivity contribution in [3.63, 3.8) is 0 Å². The van der Waals surface area contributed by atoms with E-state index in [1.165, 1.54) is 4.90 Å². The van der Waals surface area contributed by atoms with Gasteiger partial charge >= 0.3 is 5.91 Å². The number of aryl methyl sites for hydroxylation is 1. The number of aromatic amines is 1. The van der Waals surface area contributed by atoms with Crippen molar-refractivity contribution in [1.82, 2.24) is 15.0 Å². The normalized spacial score (nSPS) is 17.3. The molecule has 1 fully saturated rings. The number of hydrogen-bond donors (Lipinski definition) is 2. The van der Waals surface area contributed by atoms with E-state index in [0.717, 1.165) is 11.1 Å². The summed E-state index contributed by atoms with van der Waals surface area (Å²) in [6, 6.07) is 15.1. The summed E-state index contributed by atoms with van der Waals surface area (Å²) in [4.78, 5) is 39.8. The number of ether oxygens (including phenoxy) is 1. The first-order chi connectivity index (χ1) is 17.3. The standard InChI is InChI=1S/C28H26N4O4/c1-16(2)15-36-20-6-4-5-19(14-20)25(33)23-24(18-9-11-29-12-10-18)32(27(35)26(23)34)28-30-21-8-7-17(3)13-22(21)31-28/h4-14,16,24,33H,15H2,1-3H3,(H,30,31)/b25-23+. The summed E-state index contributed by atoms with van der Waals surface area (Å²) in [7, 11) is 0. The number of benzene rings is 2. The van der Waals surface area contributed by atoms with Gasteiger partial charge in [-0.25, -0.2) is 4.98 Å². The highest BCUT2D eigenvalue weighted by molar-refractivity contribution is 6.51. The molecule has 4 aromatic rings. The topological polar surface area (TPSA) is 108 Å². The van der Waals surface area contributed by atoms with Crippen LogP contribution >= 0.6 is 0 Å². The van der Waals surface area contributed by atoms with Gasteiger partial charge in [0, 0.05) is 18.0 Å². The molecule has 0 spiro atoms. The van der Waals surface area contributed by atoms with Crippen molar-refractivity contribution in [2.45, 2.75) is 26.8 Å². The zero-order valence-electron chi connectivity index (χ0n) is 20.2. The zero-order valence-corrected chi connectivity index (χ0v) is 20.2. The molecular weight excluding hydrogens is 456 g/mol. The predicted molar refractivity (Wildman–Crippen MR) is 137 cm³/mol. The number of nitrogens with one attached hydrogen (secondary N) is 1. The minimum absolute atomic E-state index is 0.0242. The van der Waals surface area contributed by atoms with Crippen LogP contribution in [0, 0.1) is 12.8 Å². The monoisotopic (exact) mass is 482 g/mol. The Balaban J connectivity index is 1.65. The summed E-state index contributed by atoms with van der Waals surface area (Å²) in [6.07, 6.45) is 3.16. The molecule has 0 bridgehead atoms. The van der Waals surface area contributed by atoms with Crippen LogP contribution in [0.4, 0.5) is 5.95 Å². The number of aliphatic hydroxyl groups is 1. The van der Waals surface area contributed by atoms with E-state index < -0.39 is 17.7 Å². The number of nitrogens with zero attached hydrogens (tertiary/aromatic N) is 3. The smallest absolute Gasteiger partial charge is 0.302 e. The molecule has 0 radical (unpaired) electrons. The van der Waals surface area contributed by atoms with Crippen molar-refractivity contribution in [1.29, 1.82) is 0 Å². The molecule has 5 rings (SSSR count). The largest absolute Gasteiger partial charge is 0.507 e. The molecule has 2 N–H and O–H groups in total. The molecule has 1 amide bonds. The SMILES string of the molecule is Cc1ccc2nc(N3C(=O)C(=O)/C(=C(/O)c4cccc(OCC(C)C)c4)C3c3ccncc3)[nH]c2c1. The number of hydrogen-bond acceptors (Lipinski definition) is 6. The highest BCUT2D eigenvalue weighted by Gasteiger charge is 2.48. The average Bonchev–Trinajstić information content (AvgIpc) is 3.40. The van der Waals surface area contributed by atoms with E-state index in [1.807, 2.05) is 39.0 Å². The maximum atomic E-state index is 13.4. The quantitative estimate of drug-likeness (QED) is 0.229. The fourth-order valence-corrected chi connectivity index (χ4v) is 4.29. The van der Waals surface area contributed by atoms with E-state index in [-0.39, 0.29) is 17.3 Å². The van der Waals surface area contributed by atoms with Crippen LogP contribution in [0.3, 0.4) is 0 Å². The lowest BCUT2D eigenvalue weighted by Gasteiger charge is -2.22. The molecule has 1 aliphatic rings. The second-order valence-corrected chi connectivity index (χ2v) is 9.26. The van der Waals surface area contributed by atoms with Gasteiger partial charge < -0.3 is 14.8 Å². The summed E-state index contributed by atoms with van der Waals surface area (Å²) in [5, 5.41) is 11.4. The Morgan fingerprint density at radius 2 is 1.89 bits per heavy atom. The van der Waals surface area contributed by atoms with Gasteiger partial charge in [-0.05, 0) is 60.4 Å². The Hall–Kier alpha value is -4.46. The molecule has 1 saturated heterocycles. The molecule has 0 saturated carbocycles. The Morgan fingerprint density at radius 1 is 1.11 bits per heavy atom. The van der Waals surface area contributed by atoms with Crippen LogP contribution in [0.15, 0.2) is 72.6 Å². The van der Waals surface area contributed by atoms with E-state index in [0.29, 0.717) is 34.9 Å². The zero-order chi connectivity index (χ0) is 25.4. The van der Waals surface area contributed by atoms with E-state index >= 15 is 0 Å². The van der Waals surface area contributed by atoms with Crippen molar-refractivity contribution in [2.75, 3.05) is 11.5 Å². The van der Waals surface area contributed by atoms with Gasteiger partial charge in [0.2, 0.25) is 5.95 Å². The number of ketones is 1. The second kappa shape index (κ2) is 9.30. The average molecular weight is 483 g/mol. The first-order valence-corrected chi connectivity index (χ1v) is 11.7. The van der Waals surface area contributed by atoms with E-state index in [9.17, 15) is 14.7 Å². The molecule has 1 aliphatic heterocycles. The van der Waals surface area contributed by atoms with Crippen molar-refractivity contribution in [3.05, 3.63) is 89.3 Å². The van der Waals surface area contributed by atoms with E-state index in [1.54, 1.807) is 48.8 Å². The van der Waals surface area contributed by atoms with E-state index in [4.69, 9.17) is 4.74 Å². The maximum absolute atomic E-state index is 13.4. The molecule has 2 aromatic heterocycles. The number of anilines is 1. The lowest BCUT2D eigenvalue weighted by Crippen LogP contribution is -2.30. The summed E-state index contributed by atoms with van der Waals surface area (Å²) >= 11 is 0. The van der Waals surface area contributed by atoms with Gasteiger partial charge in [0.05, 0.1) is 29.3 Å². The Labute approximate surface area is 208 Å². The van der Waals surface area contributed by atoms with Crippen LogP contribution in [0.2, 0.25) is 0 Å². The van der Waals surface area contributed by atoms with Crippen LogP contribution < -0.4 is 9.64 Å². The number of fused-ring (bicyclic) bond motifs is 1. The lowest BCUT2D eigenvalue weighted by atomic mass is 9.96. The Bertz CT molecular complexity index is 1490. The molecule has 182 valence electrons. The fraction of sp³-hybridized carbons (Fsp3) is 0.214. The number of carbonyl (C=O) groups excluding carboxylic acids is 2. The Morgan fingerprint density at radius 3 is 2.64 bits per heavy atom. The molecular formula is C28H26N4O4. The fourth-order valence-electron chi connectivity index (χ4n) is 4.29. The van der Waals surface area contributed by atoms with Gasteiger partial charge in [0.1, 0.15) is 11.5 Å². The minimum atomic E-state index is -0.894. The lowest BCUT2D eigenvalue weighted by molar-refractivity contribution is -0.132. The first kappa shape index (κ1) is 23.3. The van der Waals surface area contributed by atoms with Gasteiger partial charge in [0.25, 0.3) is 5.78 Å². The number of aromatic nitrogens is 3. The van der Waals surface area contributed by atoms with Gasteiger partial charge in [-0.2, -0.15) is 0 Å². The van der Waals surface area contributed by atoms with Gasteiger partial charge in [-0.1, -0.05) is 32.0 Å². The number of imidazole rings is 1. The summed E-state index contributed by atoms with van der Waals surface area (Å²) in [5.74, 6) is -0.727. The van der Waals surface area contributed by atoms with Crippen molar-refractivity contribution in [3.8, 4) is 5.75 Å². The Kier molecular flexibility index (Phi) is 6.01. The molecule has 1 atom stereocenters. The van der Waals surface area contributed by atoms with Crippen molar-refractivity contribution < 1.29 is 19.4 Å². The number of amides is 1. The third kappa shape index (κ3) is 4.22.